The Morgan fingerprint density at radius 2 is 0.500 bits per heavy atom. The predicted molar refractivity (Wildman–Crippen MR) is 62.3 cm³/mol. The van der Waals surface area contributed by atoms with Crippen molar-refractivity contribution >= 4 is 37.2 Å². The van der Waals surface area contributed by atoms with Crippen LogP contribution in [0.4, 0.5) is 0 Å². The second-order valence-corrected chi connectivity index (χ2v) is 3.00. The van der Waals surface area contributed by atoms with Gasteiger partial charge < -0.3 is 11.8 Å². The van der Waals surface area contributed by atoms with E-state index in [1.807, 2.05) is 0 Å². The van der Waals surface area contributed by atoms with Crippen molar-refractivity contribution in [3.8, 4) is 0 Å². The summed E-state index contributed by atoms with van der Waals surface area (Å²) in [6.07, 6.45) is 0. The third-order valence-corrected chi connectivity index (χ3v) is 0. The van der Waals surface area contributed by atoms with Crippen LogP contribution >= 0.6 is 37.2 Å². The summed E-state index contributed by atoms with van der Waals surface area (Å²) in [6.45, 7) is 12.5. The van der Waals surface area contributed by atoms with Crippen molar-refractivity contribution in [3.05, 3.63) is 11.8 Å². The van der Waals surface area contributed by atoms with E-state index in [0.717, 1.165) is 0 Å². The third-order valence-electron chi connectivity index (χ3n) is 0. The van der Waals surface area contributed by atoms with Crippen LogP contribution in [0.25, 0.3) is 0 Å². The van der Waals surface area contributed by atoms with Crippen LogP contribution < -0.4 is 0 Å². The predicted octanol–water partition coefficient (Wildman–Crippen LogP) is 4.50. The van der Waals surface area contributed by atoms with Crippen LogP contribution in [0.2, 0.25) is 0 Å². The Kier molecular flexibility index (Phi) is 91.5. The van der Waals surface area contributed by atoms with E-state index in [2.05, 4.69) is 41.5 Å². The Balaban J connectivity index is -0.0000000112. The van der Waals surface area contributed by atoms with Crippen LogP contribution in [0.15, 0.2) is 0 Å². The minimum atomic E-state index is 0. The molecule has 0 unspecified atom stereocenters. The Morgan fingerprint density at radius 3 is 0.500 bits per heavy atom. The second kappa shape index (κ2) is 29.4. The Morgan fingerprint density at radius 1 is 0.500 bits per heavy atom. The first-order chi connectivity index (χ1) is 3.46. The SMILES string of the molecule is C[C-](C)C.C[C-](C)C.Cl.Cl.Cl.[Ti+2]. The summed E-state index contributed by atoms with van der Waals surface area (Å²) < 4.78 is 0. The summed E-state index contributed by atoms with van der Waals surface area (Å²) in [5.74, 6) is 2.83. The Bertz CT molecular complexity index is 29.8. The average Bonchev–Trinajstić information content (AvgIpc) is 1.25. The summed E-state index contributed by atoms with van der Waals surface area (Å²) >= 11 is 0. The van der Waals surface area contributed by atoms with E-state index in [0.29, 0.717) is 0 Å². The summed E-state index contributed by atoms with van der Waals surface area (Å²) in [5, 5.41) is 0. The van der Waals surface area contributed by atoms with Crippen LogP contribution in [-0.2, 0) is 21.7 Å². The van der Waals surface area contributed by atoms with Gasteiger partial charge >= 0.3 is 21.7 Å². The van der Waals surface area contributed by atoms with Gasteiger partial charge in [0.05, 0.1) is 0 Å². The van der Waals surface area contributed by atoms with Gasteiger partial charge in [0.2, 0.25) is 0 Å². The van der Waals surface area contributed by atoms with Gasteiger partial charge in [-0.3, -0.25) is 0 Å². The molecule has 0 saturated carbocycles. The Labute approximate surface area is 112 Å². The molecule has 0 aliphatic rings. The summed E-state index contributed by atoms with van der Waals surface area (Å²) in [5.41, 5.74) is 0. The molecule has 0 aliphatic carbocycles. The molecule has 0 fully saturated rings. The van der Waals surface area contributed by atoms with Gasteiger partial charge in [-0.25, -0.2) is 0 Å². The van der Waals surface area contributed by atoms with E-state index in [1.54, 1.807) is 0 Å². The van der Waals surface area contributed by atoms with Crippen molar-refractivity contribution in [2.45, 2.75) is 41.5 Å². The van der Waals surface area contributed by atoms with Crippen molar-refractivity contribution in [2.24, 2.45) is 0 Å². The van der Waals surface area contributed by atoms with Crippen molar-refractivity contribution in [1.82, 2.24) is 0 Å². The van der Waals surface area contributed by atoms with Gasteiger partial charge in [0.25, 0.3) is 0 Å². The fourth-order valence-electron chi connectivity index (χ4n) is 0. The molecule has 0 aromatic carbocycles. The molecule has 0 amide bonds. The zero-order valence-electron chi connectivity index (χ0n) is 8.72. The summed E-state index contributed by atoms with van der Waals surface area (Å²) in [4.78, 5) is 0. The molecule has 0 bridgehead atoms. The van der Waals surface area contributed by atoms with Crippen LogP contribution in [0, 0.1) is 11.8 Å². The molecule has 0 radical (unpaired) electrons. The topological polar surface area (TPSA) is 0 Å². The van der Waals surface area contributed by atoms with Gasteiger partial charge in [-0.1, -0.05) is 0 Å². The van der Waals surface area contributed by atoms with Gasteiger partial charge in [-0.2, -0.15) is 41.5 Å². The first kappa shape index (κ1) is 37.4. The zero-order chi connectivity index (χ0) is 7.15. The molecule has 0 saturated heterocycles. The molecule has 0 rings (SSSR count). The first-order valence-corrected chi connectivity index (χ1v) is 3.00. The van der Waals surface area contributed by atoms with Gasteiger partial charge in [-0.05, 0) is 0 Å². The second-order valence-electron chi connectivity index (χ2n) is 3.00. The monoisotopic (exact) mass is 270 g/mol. The molecule has 0 aromatic rings. The Hall–Kier alpha value is 1.58. The quantitative estimate of drug-likeness (QED) is 0.449. The van der Waals surface area contributed by atoms with Gasteiger partial charge in [0.1, 0.15) is 0 Å². The number of hydrogen-bond donors (Lipinski definition) is 0. The minimum absolute atomic E-state index is 0. The van der Waals surface area contributed by atoms with E-state index >= 15 is 0 Å². The molecule has 0 N–H and O–H groups in total. The maximum atomic E-state index is 2.08. The molecule has 0 aromatic heterocycles. The van der Waals surface area contributed by atoms with Crippen LogP contribution in [0.5, 0.6) is 0 Å². The molecule has 0 nitrogen and oxygen atoms in total. The van der Waals surface area contributed by atoms with Crippen LogP contribution in [-0.4, -0.2) is 0 Å². The largest absolute Gasteiger partial charge is 2.00 e. The van der Waals surface area contributed by atoms with E-state index in [9.17, 15) is 0 Å². The van der Waals surface area contributed by atoms with E-state index < -0.39 is 0 Å². The smallest absolute Gasteiger partial charge is 0.323 e. The fourth-order valence-corrected chi connectivity index (χ4v) is 0. The molecule has 4 heteroatoms. The van der Waals surface area contributed by atoms with Crippen molar-refractivity contribution in [3.63, 3.8) is 0 Å². The van der Waals surface area contributed by atoms with Crippen LogP contribution in [0.1, 0.15) is 41.5 Å². The fraction of sp³-hybridized carbons (Fsp3) is 0.750. The standard InChI is InChI=1S/2C4H9.3ClH.Ti/c2*1-4(2)3;;;;/h2*1-3H3;3*1H;/q2*-1;;;;+2. The molecule has 12 heavy (non-hydrogen) atoms. The van der Waals surface area contributed by atoms with Crippen molar-refractivity contribution in [2.75, 3.05) is 0 Å². The molecule has 0 spiro atoms. The minimum Gasteiger partial charge on any atom is -0.323 e. The average molecular weight is 271 g/mol. The normalized spacial score (nSPS) is 6.00. The van der Waals surface area contributed by atoms with E-state index in [1.165, 1.54) is 11.8 Å². The van der Waals surface area contributed by atoms with Crippen molar-refractivity contribution in [1.29, 1.82) is 0 Å². The molecular weight excluding hydrogens is 250 g/mol. The molecular formula is C8H21Cl3Ti. The number of halogens is 3. The maximum absolute atomic E-state index is 2.08. The number of hydrogen-bond acceptors (Lipinski definition) is 0. The van der Waals surface area contributed by atoms with E-state index in [-0.39, 0.29) is 58.9 Å². The van der Waals surface area contributed by atoms with Gasteiger partial charge in [0, 0.05) is 0 Å². The third kappa shape index (κ3) is 517. The first-order valence-electron chi connectivity index (χ1n) is 3.00. The molecule has 0 aliphatic heterocycles. The molecule has 0 heterocycles. The van der Waals surface area contributed by atoms with Gasteiger partial charge in [-0.15, -0.1) is 37.2 Å². The van der Waals surface area contributed by atoms with Crippen LogP contribution in [0.3, 0.4) is 0 Å². The zero-order valence-corrected chi connectivity index (χ0v) is 12.7. The molecule has 0 atom stereocenters. The van der Waals surface area contributed by atoms with Crippen molar-refractivity contribution < 1.29 is 21.7 Å². The molecule has 78 valence electrons. The number of rotatable bonds is 0. The van der Waals surface area contributed by atoms with E-state index in [4.69, 9.17) is 0 Å². The summed E-state index contributed by atoms with van der Waals surface area (Å²) in [6, 6.07) is 0. The van der Waals surface area contributed by atoms with Gasteiger partial charge in [0.15, 0.2) is 0 Å². The maximum Gasteiger partial charge on any atom is 2.00 e. The summed E-state index contributed by atoms with van der Waals surface area (Å²) in [7, 11) is 0.